The van der Waals surface area contributed by atoms with E-state index >= 15 is 0 Å². The van der Waals surface area contributed by atoms with Crippen molar-refractivity contribution >= 4 is 6.01 Å². The summed E-state index contributed by atoms with van der Waals surface area (Å²) in [6.45, 7) is 9.41. The molecule has 0 saturated heterocycles. The molecule has 0 aromatic carbocycles. The van der Waals surface area contributed by atoms with Crippen molar-refractivity contribution < 1.29 is 4.42 Å². The van der Waals surface area contributed by atoms with Crippen LogP contribution < -0.4 is 10.6 Å². The van der Waals surface area contributed by atoms with Crippen LogP contribution in [0.15, 0.2) is 4.42 Å². The lowest BCUT2D eigenvalue weighted by Gasteiger charge is -2.17. The number of nitrogens with zero attached hydrogens (tertiary/aromatic N) is 2. The molecular formula is C13H24N4O. The first-order chi connectivity index (χ1) is 8.56. The zero-order valence-corrected chi connectivity index (χ0v) is 11.7. The van der Waals surface area contributed by atoms with Gasteiger partial charge in [-0.1, -0.05) is 32.8 Å². The Morgan fingerprint density at radius 3 is 2.67 bits per heavy atom. The summed E-state index contributed by atoms with van der Waals surface area (Å²) in [5.74, 6) is 2.08. The van der Waals surface area contributed by atoms with Crippen LogP contribution >= 0.6 is 0 Å². The molecule has 0 aliphatic heterocycles. The summed E-state index contributed by atoms with van der Waals surface area (Å²) in [6.07, 6.45) is 2.46. The summed E-state index contributed by atoms with van der Waals surface area (Å²) in [4.78, 5) is 0. The largest absolute Gasteiger partial charge is 0.407 e. The average Bonchev–Trinajstić information content (AvgIpc) is 2.89. The van der Waals surface area contributed by atoms with Gasteiger partial charge in [0.15, 0.2) is 0 Å². The first-order valence-electron chi connectivity index (χ1n) is 6.88. The van der Waals surface area contributed by atoms with E-state index in [0.717, 1.165) is 5.92 Å². The molecule has 1 saturated carbocycles. The molecule has 2 N–H and O–H groups in total. The van der Waals surface area contributed by atoms with Crippen LogP contribution in [0.1, 0.15) is 46.4 Å². The second-order valence-corrected chi connectivity index (χ2v) is 5.70. The van der Waals surface area contributed by atoms with E-state index in [-0.39, 0.29) is 0 Å². The van der Waals surface area contributed by atoms with Gasteiger partial charge in [0, 0.05) is 12.1 Å². The maximum Gasteiger partial charge on any atom is 0.315 e. The van der Waals surface area contributed by atoms with E-state index in [1.807, 2.05) is 0 Å². The fraction of sp³-hybridized carbons (Fsp3) is 0.846. The molecule has 1 aromatic heterocycles. The van der Waals surface area contributed by atoms with E-state index in [0.29, 0.717) is 36.5 Å². The van der Waals surface area contributed by atoms with E-state index in [4.69, 9.17) is 4.42 Å². The van der Waals surface area contributed by atoms with Gasteiger partial charge >= 0.3 is 6.01 Å². The van der Waals surface area contributed by atoms with Crippen LogP contribution in [0.3, 0.4) is 0 Å². The minimum absolute atomic E-state index is 0.420. The molecule has 3 unspecified atom stereocenters. The van der Waals surface area contributed by atoms with Crippen LogP contribution in [-0.4, -0.2) is 22.3 Å². The number of hydrogen-bond acceptors (Lipinski definition) is 5. The van der Waals surface area contributed by atoms with Crippen molar-refractivity contribution in [1.29, 1.82) is 0 Å². The van der Waals surface area contributed by atoms with Crippen molar-refractivity contribution in [2.24, 2.45) is 11.8 Å². The molecule has 0 spiro atoms. The van der Waals surface area contributed by atoms with Crippen molar-refractivity contribution in [3.05, 3.63) is 5.89 Å². The van der Waals surface area contributed by atoms with E-state index in [1.54, 1.807) is 0 Å². The van der Waals surface area contributed by atoms with Gasteiger partial charge in [-0.25, -0.2) is 0 Å². The van der Waals surface area contributed by atoms with Gasteiger partial charge in [0.2, 0.25) is 5.89 Å². The van der Waals surface area contributed by atoms with E-state index in [9.17, 15) is 0 Å². The molecule has 0 amide bonds. The molecule has 1 aliphatic carbocycles. The Hall–Kier alpha value is -1.10. The van der Waals surface area contributed by atoms with E-state index in [1.165, 1.54) is 12.8 Å². The minimum Gasteiger partial charge on any atom is -0.407 e. The second kappa shape index (κ2) is 5.69. The lowest BCUT2D eigenvalue weighted by Crippen LogP contribution is -2.24. The van der Waals surface area contributed by atoms with Crippen LogP contribution in [0, 0.1) is 11.8 Å². The Bertz CT molecular complexity index is 377. The number of anilines is 1. The van der Waals surface area contributed by atoms with Crippen molar-refractivity contribution in [3.8, 4) is 0 Å². The lowest BCUT2D eigenvalue weighted by molar-refractivity contribution is 0.420. The zero-order valence-electron chi connectivity index (χ0n) is 11.7. The molecule has 5 heteroatoms. The van der Waals surface area contributed by atoms with Gasteiger partial charge in [-0.15, -0.1) is 5.10 Å². The Morgan fingerprint density at radius 2 is 2.06 bits per heavy atom. The minimum atomic E-state index is 0.420. The van der Waals surface area contributed by atoms with Gasteiger partial charge in [0.1, 0.15) is 0 Å². The molecule has 1 heterocycles. The molecular weight excluding hydrogens is 228 g/mol. The van der Waals surface area contributed by atoms with Crippen LogP contribution in [0.2, 0.25) is 0 Å². The van der Waals surface area contributed by atoms with Crippen molar-refractivity contribution in [1.82, 2.24) is 15.5 Å². The first-order valence-corrected chi connectivity index (χ1v) is 6.88. The lowest BCUT2D eigenvalue weighted by atomic mass is 9.98. The zero-order chi connectivity index (χ0) is 13.1. The Morgan fingerprint density at radius 1 is 1.28 bits per heavy atom. The molecule has 0 bridgehead atoms. The monoisotopic (exact) mass is 252 g/mol. The predicted molar refractivity (Wildman–Crippen MR) is 71.2 cm³/mol. The Labute approximate surface area is 109 Å². The summed E-state index contributed by atoms with van der Waals surface area (Å²) in [7, 11) is 0. The summed E-state index contributed by atoms with van der Waals surface area (Å²) in [5.41, 5.74) is 0. The van der Waals surface area contributed by atoms with Crippen molar-refractivity contribution in [2.75, 3.05) is 5.32 Å². The van der Waals surface area contributed by atoms with Gasteiger partial charge in [-0.2, -0.15) is 0 Å². The van der Waals surface area contributed by atoms with E-state index < -0.39 is 0 Å². The van der Waals surface area contributed by atoms with Gasteiger partial charge < -0.3 is 15.1 Å². The highest BCUT2D eigenvalue weighted by atomic mass is 16.4. The number of nitrogens with one attached hydrogen (secondary N) is 2. The summed E-state index contributed by atoms with van der Waals surface area (Å²) < 4.78 is 5.58. The van der Waals surface area contributed by atoms with Crippen LogP contribution in [0.25, 0.3) is 0 Å². The molecule has 0 radical (unpaired) electrons. The molecule has 1 aromatic rings. The Kier molecular flexibility index (Phi) is 4.22. The predicted octanol–water partition coefficient (Wildman–Crippen LogP) is 2.41. The second-order valence-electron chi connectivity index (χ2n) is 5.70. The third-order valence-electron chi connectivity index (χ3n) is 3.90. The summed E-state index contributed by atoms with van der Waals surface area (Å²) in [5, 5.41) is 14.7. The molecule has 1 fully saturated rings. The highest BCUT2D eigenvalue weighted by molar-refractivity contribution is 5.21. The highest BCUT2D eigenvalue weighted by Crippen LogP contribution is 2.32. The average molecular weight is 252 g/mol. The topological polar surface area (TPSA) is 63.0 Å². The SMILES string of the molecule is CC(C)NCc1nnc(NC2CCC(C)C2C)o1. The quantitative estimate of drug-likeness (QED) is 0.842. The number of rotatable bonds is 5. The van der Waals surface area contributed by atoms with Gasteiger partial charge in [0.05, 0.1) is 6.54 Å². The fourth-order valence-electron chi connectivity index (χ4n) is 2.40. The fourth-order valence-corrected chi connectivity index (χ4v) is 2.40. The molecule has 18 heavy (non-hydrogen) atoms. The van der Waals surface area contributed by atoms with Gasteiger partial charge in [0.25, 0.3) is 0 Å². The van der Waals surface area contributed by atoms with Crippen LogP contribution in [0.5, 0.6) is 0 Å². The molecule has 5 nitrogen and oxygen atoms in total. The molecule has 3 atom stereocenters. The highest BCUT2D eigenvalue weighted by Gasteiger charge is 2.30. The van der Waals surface area contributed by atoms with Crippen LogP contribution in [0.4, 0.5) is 6.01 Å². The summed E-state index contributed by atoms with van der Waals surface area (Å²) in [6, 6.07) is 1.44. The summed E-state index contributed by atoms with van der Waals surface area (Å²) >= 11 is 0. The first kappa shape index (κ1) is 13.3. The third-order valence-corrected chi connectivity index (χ3v) is 3.90. The van der Waals surface area contributed by atoms with Gasteiger partial charge in [-0.05, 0) is 24.7 Å². The van der Waals surface area contributed by atoms with Gasteiger partial charge in [-0.3, -0.25) is 0 Å². The molecule has 1 aliphatic rings. The standard InChI is InChI=1S/C13H24N4O/c1-8(2)14-7-12-16-17-13(18-12)15-11-6-5-9(3)10(11)4/h8-11,14H,5-7H2,1-4H3,(H,15,17). The normalized spacial score (nSPS) is 27.9. The Balaban J connectivity index is 1.87. The smallest absolute Gasteiger partial charge is 0.315 e. The maximum atomic E-state index is 5.58. The third kappa shape index (κ3) is 3.22. The maximum absolute atomic E-state index is 5.58. The van der Waals surface area contributed by atoms with Crippen molar-refractivity contribution in [2.45, 2.75) is 59.2 Å². The number of aromatic nitrogens is 2. The van der Waals surface area contributed by atoms with Crippen molar-refractivity contribution in [3.63, 3.8) is 0 Å². The molecule has 102 valence electrons. The van der Waals surface area contributed by atoms with E-state index in [2.05, 4.69) is 48.5 Å². The number of hydrogen-bond donors (Lipinski definition) is 2. The van der Waals surface area contributed by atoms with Crippen LogP contribution in [-0.2, 0) is 6.54 Å². The molecule has 2 rings (SSSR count).